The smallest absolute Gasteiger partial charge is 0.257 e. The molecule has 0 radical (unpaired) electrons. The molecule has 1 aromatic carbocycles. The van der Waals surface area contributed by atoms with Crippen LogP contribution in [0.4, 0.5) is 5.82 Å². The summed E-state index contributed by atoms with van der Waals surface area (Å²) >= 11 is 0. The van der Waals surface area contributed by atoms with Crippen LogP contribution in [0.5, 0.6) is 0 Å². The number of carbonyl (C=O) groups excluding carboxylic acids is 1. The first kappa shape index (κ1) is 26.0. The van der Waals surface area contributed by atoms with Gasteiger partial charge in [-0.25, -0.2) is 9.36 Å². The first-order valence-corrected chi connectivity index (χ1v) is 13.8. The molecular weight excluding hydrogens is 472 g/mol. The number of nitrogens with zero attached hydrogens (tertiary/aromatic N) is 4. The Bertz CT molecular complexity index is 1370. The lowest BCUT2D eigenvalue weighted by Crippen LogP contribution is -2.47. The molecule has 7 heteroatoms. The number of benzene rings is 1. The van der Waals surface area contributed by atoms with Gasteiger partial charge < -0.3 is 10.6 Å². The maximum atomic E-state index is 14.1. The Morgan fingerprint density at radius 1 is 1.13 bits per heavy atom. The molecule has 1 aliphatic carbocycles. The van der Waals surface area contributed by atoms with Crippen molar-refractivity contribution in [2.75, 3.05) is 5.32 Å². The molecular formula is C31H40N6O. The van der Waals surface area contributed by atoms with Crippen LogP contribution in [0, 0.1) is 19.8 Å². The predicted molar refractivity (Wildman–Crippen MR) is 153 cm³/mol. The fourth-order valence-electron chi connectivity index (χ4n) is 6.05. The number of allylic oxidation sites excluding steroid dienone is 3. The van der Waals surface area contributed by atoms with Crippen molar-refractivity contribution in [1.29, 1.82) is 0 Å². The average molecular weight is 513 g/mol. The molecule has 2 atom stereocenters. The number of anilines is 1. The Kier molecular flexibility index (Phi) is 6.80. The zero-order chi connectivity index (χ0) is 27.1. The van der Waals surface area contributed by atoms with Gasteiger partial charge in [-0.2, -0.15) is 10.2 Å². The Hall–Kier alpha value is -3.61. The van der Waals surface area contributed by atoms with Crippen LogP contribution in [-0.4, -0.2) is 31.5 Å². The number of hydrogen-bond donors (Lipinski definition) is 2. The van der Waals surface area contributed by atoms with Gasteiger partial charge in [0.05, 0.1) is 28.2 Å². The topological polar surface area (TPSA) is 76.8 Å². The van der Waals surface area contributed by atoms with Gasteiger partial charge >= 0.3 is 0 Å². The molecule has 5 rings (SSSR count). The minimum absolute atomic E-state index is 0.109. The lowest BCUT2D eigenvalue weighted by Gasteiger charge is -2.41. The lowest BCUT2D eigenvalue weighted by molar-refractivity contribution is 0.0886. The third kappa shape index (κ3) is 4.48. The van der Waals surface area contributed by atoms with E-state index in [2.05, 4.69) is 75.6 Å². The molecule has 2 aliphatic rings. The molecule has 0 spiro atoms. The molecule has 0 saturated heterocycles. The van der Waals surface area contributed by atoms with Crippen molar-refractivity contribution in [3.8, 4) is 5.69 Å². The summed E-state index contributed by atoms with van der Waals surface area (Å²) in [6.07, 6.45) is 12.1. The fraction of sp³-hybridized carbons (Fsp3) is 0.452. The van der Waals surface area contributed by atoms with Gasteiger partial charge in [0.15, 0.2) is 0 Å². The van der Waals surface area contributed by atoms with Crippen LogP contribution in [0.1, 0.15) is 80.8 Å². The fourth-order valence-corrected chi connectivity index (χ4v) is 6.05. The third-order valence-corrected chi connectivity index (χ3v) is 8.37. The summed E-state index contributed by atoms with van der Waals surface area (Å²) in [5, 5.41) is 17.0. The Balaban J connectivity index is 1.49. The van der Waals surface area contributed by atoms with Crippen molar-refractivity contribution < 1.29 is 4.79 Å². The van der Waals surface area contributed by atoms with Crippen molar-refractivity contribution in [3.63, 3.8) is 0 Å². The van der Waals surface area contributed by atoms with Crippen LogP contribution < -0.4 is 10.6 Å². The van der Waals surface area contributed by atoms with Gasteiger partial charge in [-0.1, -0.05) is 56.4 Å². The molecule has 0 bridgehead atoms. The number of aryl methyl sites for hydroxylation is 2. The van der Waals surface area contributed by atoms with E-state index < -0.39 is 5.54 Å². The van der Waals surface area contributed by atoms with E-state index >= 15 is 0 Å². The van der Waals surface area contributed by atoms with Crippen molar-refractivity contribution in [2.45, 2.75) is 84.3 Å². The molecule has 2 N–H and O–H groups in total. The summed E-state index contributed by atoms with van der Waals surface area (Å²) in [4.78, 5) is 14.1. The Morgan fingerprint density at radius 2 is 1.87 bits per heavy atom. The zero-order valence-electron chi connectivity index (χ0n) is 23.5. The van der Waals surface area contributed by atoms with Gasteiger partial charge in [0.25, 0.3) is 5.91 Å². The molecule has 7 nitrogen and oxygen atoms in total. The molecule has 1 unspecified atom stereocenters. The molecule has 2 aromatic heterocycles. The number of fused-ring (bicyclic) bond motifs is 1. The summed E-state index contributed by atoms with van der Waals surface area (Å²) in [6.45, 7) is 12.6. The average Bonchev–Trinajstić information content (AvgIpc) is 3.48. The third-order valence-electron chi connectivity index (χ3n) is 8.37. The molecule has 0 saturated carbocycles. The van der Waals surface area contributed by atoms with Gasteiger partial charge in [0, 0.05) is 17.7 Å². The van der Waals surface area contributed by atoms with Gasteiger partial charge in [-0.15, -0.1) is 0 Å². The van der Waals surface area contributed by atoms with E-state index in [1.54, 1.807) is 0 Å². The summed E-state index contributed by atoms with van der Waals surface area (Å²) < 4.78 is 3.97. The van der Waals surface area contributed by atoms with Crippen molar-refractivity contribution >= 4 is 11.7 Å². The number of rotatable bonds is 7. The van der Waals surface area contributed by atoms with Gasteiger partial charge in [0.1, 0.15) is 11.4 Å². The van der Waals surface area contributed by atoms with E-state index in [0.29, 0.717) is 11.5 Å². The summed E-state index contributed by atoms with van der Waals surface area (Å²) in [7, 11) is 0. The number of carbonyl (C=O) groups is 1. The van der Waals surface area contributed by atoms with Crippen LogP contribution in [0.2, 0.25) is 0 Å². The lowest BCUT2D eigenvalue weighted by atomic mass is 9.82. The molecule has 0 fully saturated rings. The SMILES string of the molecule is CCC(CC)(NC(=O)c1c(C)nn2c1N[C@@H](C1C=CC=CC1)CC2(C)C)c1cc(C)n(-c2ccccc2)n1. The van der Waals surface area contributed by atoms with Crippen LogP contribution in [-0.2, 0) is 11.1 Å². The molecule has 38 heavy (non-hydrogen) atoms. The first-order valence-electron chi connectivity index (χ1n) is 13.8. The maximum absolute atomic E-state index is 14.1. The second-order valence-corrected chi connectivity index (χ2v) is 11.4. The first-order chi connectivity index (χ1) is 18.2. The minimum atomic E-state index is -0.594. The Morgan fingerprint density at radius 3 is 2.53 bits per heavy atom. The Labute approximate surface area is 226 Å². The molecule has 1 aliphatic heterocycles. The number of hydrogen-bond acceptors (Lipinski definition) is 4. The number of amides is 1. The highest BCUT2D eigenvalue weighted by atomic mass is 16.2. The normalized spacial score (nSPS) is 20.2. The standard InChI is InChI=1S/C31H40N6O/c1-7-31(8-2,26-19-21(3)36(35-26)24-17-13-10-14-18-24)33-29(38)27-22(4)34-37-28(27)32-25(20-30(37,5)6)23-15-11-9-12-16-23/h9-15,17-19,23,25,32H,7-8,16,20H2,1-6H3,(H,33,38)/t23?,25-/m1/s1. The quantitative estimate of drug-likeness (QED) is 0.396. The van der Waals surface area contributed by atoms with Crippen LogP contribution >= 0.6 is 0 Å². The van der Waals surface area contributed by atoms with Crippen LogP contribution in [0.15, 0.2) is 60.7 Å². The van der Waals surface area contributed by atoms with E-state index in [1.807, 2.05) is 46.6 Å². The zero-order valence-corrected chi connectivity index (χ0v) is 23.5. The number of nitrogens with one attached hydrogen (secondary N) is 2. The van der Waals surface area contributed by atoms with E-state index in [1.165, 1.54) is 0 Å². The highest BCUT2D eigenvalue weighted by Crippen LogP contribution is 2.39. The molecule has 3 heterocycles. The largest absolute Gasteiger partial charge is 0.366 e. The van der Waals surface area contributed by atoms with E-state index in [4.69, 9.17) is 10.2 Å². The van der Waals surface area contributed by atoms with Gasteiger partial charge in [-0.3, -0.25) is 4.79 Å². The minimum Gasteiger partial charge on any atom is -0.366 e. The van der Waals surface area contributed by atoms with Crippen molar-refractivity contribution in [2.24, 2.45) is 5.92 Å². The summed E-state index contributed by atoms with van der Waals surface area (Å²) in [5.41, 5.74) is 3.49. The highest BCUT2D eigenvalue weighted by Gasteiger charge is 2.41. The summed E-state index contributed by atoms with van der Waals surface area (Å²) in [6, 6.07) is 12.4. The van der Waals surface area contributed by atoms with Gasteiger partial charge in [0.2, 0.25) is 0 Å². The number of para-hydroxylation sites is 1. The monoisotopic (exact) mass is 512 g/mol. The number of aromatic nitrogens is 4. The van der Waals surface area contributed by atoms with Gasteiger partial charge in [-0.05, 0) is 71.6 Å². The van der Waals surface area contributed by atoms with Crippen LogP contribution in [0.3, 0.4) is 0 Å². The molecule has 1 amide bonds. The van der Waals surface area contributed by atoms with E-state index in [0.717, 1.165) is 54.3 Å². The van der Waals surface area contributed by atoms with E-state index in [-0.39, 0.29) is 17.5 Å². The summed E-state index contributed by atoms with van der Waals surface area (Å²) in [5.74, 6) is 1.09. The molecule has 200 valence electrons. The van der Waals surface area contributed by atoms with Crippen molar-refractivity contribution in [1.82, 2.24) is 24.9 Å². The van der Waals surface area contributed by atoms with Crippen LogP contribution in [0.25, 0.3) is 5.69 Å². The van der Waals surface area contributed by atoms with Crippen molar-refractivity contribution in [3.05, 3.63) is 83.3 Å². The highest BCUT2D eigenvalue weighted by molar-refractivity contribution is 6.00. The maximum Gasteiger partial charge on any atom is 0.257 e. The second kappa shape index (κ2) is 9.93. The second-order valence-electron chi connectivity index (χ2n) is 11.4. The molecule has 3 aromatic rings. The van der Waals surface area contributed by atoms with E-state index in [9.17, 15) is 4.79 Å². The predicted octanol–water partition coefficient (Wildman–Crippen LogP) is 6.18.